The molecule has 3 heterocycles. The second-order valence-corrected chi connectivity index (χ2v) is 8.00. The van der Waals surface area contributed by atoms with E-state index < -0.39 is 22.9 Å². The van der Waals surface area contributed by atoms with Crippen LogP contribution in [0.25, 0.3) is 0 Å². The van der Waals surface area contributed by atoms with Crippen LogP contribution in [0.1, 0.15) is 44.3 Å². The van der Waals surface area contributed by atoms with Crippen molar-refractivity contribution in [1.29, 1.82) is 0 Å². The number of ketones is 1. The highest BCUT2D eigenvalue weighted by molar-refractivity contribution is 6.04. The maximum atomic E-state index is 13.2. The molecule has 0 bridgehead atoms. The molecular formula is C20H20O6. The number of hydrogen-bond donors (Lipinski definition) is 0. The van der Waals surface area contributed by atoms with Crippen LogP contribution in [-0.2, 0) is 23.9 Å². The lowest BCUT2D eigenvalue weighted by Crippen LogP contribution is -2.58. The van der Waals surface area contributed by atoms with E-state index in [9.17, 15) is 14.4 Å². The van der Waals surface area contributed by atoms with E-state index in [0.29, 0.717) is 12.8 Å². The molecule has 0 amide bonds. The number of fused-ring (bicyclic) bond motifs is 1. The van der Waals surface area contributed by atoms with Gasteiger partial charge in [0, 0.05) is 12.0 Å². The van der Waals surface area contributed by atoms with Gasteiger partial charge in [0.2, 0.25) is 0 Å². The maximum absolute atomic E-state index is 13.2. The Balaban J connectivity index is 1.65. The first-order valence-electron chi connectivity index (χ1n) is 9.13. The molecular weight excluding hydrogens is 336 g/mol. The van der Waals surface area contributed by atoms with Gasteiger partial charge in [0.25, 0.3) is 0 Å². The number of carbonyl (C=O) groups excluding carboxylic acids is 3. The molecule has 0 radical (unpaired) electrons. The quantitative estimate of drug-likeness (QED) is 0.720. The zero-order chi connectivity index (χ0) is 18.1. The first kappa shape index (κ1) is 15.9. The van der Waals surface area contributed by atoms with Crippen LogP contribution in [0.2, 0.25) is 0 Å². The van der Waals surface area contributed by atoms with Crippen molar-refractivity contribution in [1.82, 2.24) is 0 Å². The summed E-state index contributed by atoms with van der Waals surface area (Å²) in [5.41, 5.74) is -0.226. The first-order chi connectivity index (χ1) is 12.5. The topological polar surface area (TPSA) is 82.8 Å². The summed E-state index contributed by atoms with van der Waals surface area (Å²) in [5, 5.41) is 0. The standard InChI is InChI=1S/C20H20O6/c1-11-7-16(21)20-10-25-17(22)13(20)3-2-4-15(20)19(11)8-14(26-18(19)23)12-5-6-24-9-12/h5-7,9,13-15H,2-4,8,10H2,1H3/t13-,14+,15+,19+,20-/m0/s1. The van der Waals surface area contributed by atoms with Crippen molar-refractivity contribution >= 4 is 17.7 Å². The highest BCUT2D eigenvalue weighted by atomic mass is 16.6. The molecule has 4 aliphatic rings. The summed E-state index contributed by atoms with van der Waals surface area (Å²) in [5.74, 6) is -1.38. The number of hydrogen-bond acceptors (Lipinski definition) is 6. The predicted octanol–water partition coefficient (Wildman–Crippen LogP) is 2.74. The number of furan rings is 1. The van der Waals surface area contributed by atoms with E-state index in [1.54, 1.807) is 24.7 Å². The smallest absolute Gasteiger partial charge is 0.317 e. The number of carbonyl (C=O) groups is 3. The summed E-state index contributed by atoms with van der Waals surface area (Å²) in [6.45, 7) is 1.92. The molecule has 5 rings (SSSR count). The van der Waals surface area contributed by atoms with Gasteiger partial charge < -0.3 is 13.9 Å². The lowest BCUT2D eigenvalue weighted by atomic mass is 9.47. The Morgan fingerprint density at radius 1 is 1.19 bits per heavy atom. The summed E-state index contributed by atoms with van der Waals surface area (Å²) in [7, 11) is 0. The Hall–Kier alpha value is -2.37. The van der Waals surface area contributed by atoms with Crippen LogP contribution >= 0.6 is 0 Å². The summed E-state index contributed by atoms with van der Waals surface area (Å²) < 4.78 is 16.2. The van der Waals surface area contributed by atoms with Crippen molar-refractivity contribution in [2.24, 2.45) is 22.7 Å². The molecule has 0 unspecified atom stereocenters. The van der Waals surface area contributed by atoms with Crippen molar-refractivity contribution in [2.75, 3.05) is 6.61 Å². The summed E-state index contributed by atoms with van der Waals surface area (Å²) >= 11 is 0. The molecule has 2 saturated heterocycles. The molecule has 1 saturated carbocycles. The SMILES string of the molecule is CC1=CC(=O)[C@@]23COC(=O)[C@@H]2CCC[C@@H]3[C@@]12C[C@H](c1ccoc1)OC2=O. The van der Waals surface area contributed by atoms with Gasteiger partial charge in [-0.3, -0.25) is 14.4 Å². The van der Waals surface area contributed by atoms with Gasteiger partial charge >= 0.3 is 11.9 Å². The molecule has 1 aromatic heterocycles. The highest BCUT2D eigenvalue weighted by Gasteiger charge is 2.71. The van der Waals surface area contributed by atoms with Gasteiger partial charge in [-0.05, 0) is 37.8 Å². The van der Waals surface area contributed by atoms with Crippen molar-refractivity contribution in [3.63, 3.8) is 0 Å². The zero-order valence-electron chi connectivity index (χ0n) is 14.5. The predicted molar refractivity (Wildman–Crippen MR) is 87.6 cm³/mol. The van der Waals surface area contributed by atoms with Gasteiger partial charge in [0.05, 0.1) is 29.3 Å². The molecule has 5 atom stereocenters. The Labute approximate surface area is 150 Å². The van der Waals surface area contributed by atoms with Gasteiger partial charge in [0.15, 0.2) is 5.78 Å². The third-order valence-corrected chi connectivity index (χ3v) is 7.11. The Morgan fingerprint density at radius 2 is 2.04 bits per heavy atom. The highest BCUT2D eigenvalue weighted by Crippen LogP contribution is 2.65. The maximum Gasteiger partial charge on any atom is 0.317 e. The van der Waals surface area contributed by atoms with E-state index in [2.05, 4.69) is 0 Å². The number of allylic oxidation sites excluding steroid dienone is 1. The molecule has 6 nitrogen and oxygen atoms in total. The average molecular weight is 356 g/mol. The van der Waals surface area contributed by atoms with E-state index in [-0.39, 0.29) is 30.2 Å². The number of cyclic esters (lactones) is 2. The summed E-state index contributed by atoms with van der Waals surface area (Å²) in [4.78, 5) is 38.5. The molecule has 2 spiro atoms. The van der Waals surface area contributed by atoms with E-state index >= 15 is 0 Å². The Morgan fingerprint density at radius 3 is 2.81 bits per heavy atom. The second-order valence-electron chi connectivity index (χ2n) is 8.00. The van der Waals surface area contributed by atoms with E-state index in [1.807, 2.05) is 6.92 Å². The van der Waals surface area contributed by atoms with Crippen LogP contribution in [0.3, 0.4) is 0 Å². The molecule has 1 aromatic rings. The molecule has 0 aromatic carbocycles. The summed E-state index contributed by atoms with van der Waals surface area (Å²) in [6, 6.07) is 1.80. The lowest BCUT2D eigenvalue weighted by Gasteiger charge is -2.51. The fourth-order valence-corrected chi connectivity index (χ4v) is 5.84. The minimum atomic E-state index is -0.918. The van der Waals surface area contributed by atoms with Crippen LogP contribution in [0.15, 0.2) is 34.7 Å². The lowest BCUT2D eigenvalue weighted by molar-refractivity contribution is -0.158. The first-order valence-corrected chi connectivity index (χ1v) is 9.13. The van der Waals surface area contributed by atoms with Crippen LogP contribution < -0.4 is 0 Å². The third kappa shape index (κ3) is 1.70. The zero-order valence-corrected chi connectivity index (χ0v) is 14.5. The van der Waals surface area contributed by atoms with Crippen molar-refractivity contribution in [2.45, 2.75) is 38.7 Å². The molecule has 2 aliphatic heterocycles. The molecule has 0 N–H and O–H groups in total. The second kappa shape index (κ2) is 5.09. The number of rotatable bonds is 1. The summed E-state index contributed by atoms with van der Waals surface area (Å²) in [6.07, 6.45) is 6.95. The van der Waals surface area contributed by atoms with Crippen LogP contribution in [0.5, 0.6) is 0 Å². The van der Waals surface area contributed by atoms with Crippen LogP contribution in [0, 0.1) is 22.7 Å². The normalized spacial score (nSPS) is 41.5. The molecule has 6 heteroatoms. The van der Waals surface area contributed by atoms with Gasteiger partial charge in [-0.1, -0.05) is 12.0 Å². The van der Waals surface area contributed by atoms with Crippen LogP contribution in [0.4, 0.5) is 0 Å². The monoisotopic (exact) mass is 356 g/mol. The van der Waals surface area contributed by atoms with Gasteiger partial charge in [-0.25, -0.2) is 0 Å². The van der Waals surface area contributed by atoms with E-state index in [1.165, 1.54) is 0 Å². The largest absolute Gasteiger partial charge is 0.472 e. The molecule has 2 aliphatic carbocycles. The Kier molecular flexibility index (Phi) is 3.10. The van der Waals surface area contributed by atoms with Crippen LogP contribution in [-0.4, -0.2) is 24.3 Å². The minimum Gasteiger partial charge on any atom is -0.472 e. The van der Waals surface area contributed by atoms with E-state index in [4.69, 9.17) is 13.9 Å². The fourth-order valence-electron chi connectivity index (χ4n) is 5.84. The average Bonchev–Trinajstić information content (AvgIpc) is 3.33. The van der Waals surface area contributed by atoms with Crippen molar-refractivity contribution in [3.05, 3.63) is 35.8 Å². The minimum absolute atomic E-state index is 0.0688. The number of ether oxygens (including phenoxy) is 2. The Bertz CT molecular complexity index is 836. The van der Waals surface area contributed by atoms with E-state index in [0.717, 1.165) is 24.0 Å². The third-order valence-electron chi connectivity index (χ3n) is 7.11. The molecule has 3 fully saturated rings. The molecule has 136 valence electrons. The number of esters is 2. The van der Waals surface area contributed by atoms with Gasteiger partial charge in [0.1, 0.15) is 12.7 Å². The van der Waals surface area contributed by atoms with Gasteiger partial charge in [-0.2, -0.15) is 0 Å². The van der Waals surface area contributed by atoms with Gasteiger partial charge in [-0.15, -0.1) is 0 Å². The fraction of sp³-hybridized carbons (Fsp3) is 0.550. The molecule has 26 heavy (non-hydrogen) atoms. The van der Waals surface area contributed by atoms with Crippen molar-refractivity contribution < 1.29 is 28.3 Å². The van der Waals surface area contributed by atoms with Crippen molar-refractivity contribution in [3.8, 4) is 0 Å².